The van der Waals surface area contributed by atoms with Gasteiger partial charge < -0.3 is 4.74 Å². The molecule has 0 unspecified atom stereocenters. The van der Waals surface area contributed by atoms with Crippen LogP contribution >= 0.6 is 0 Å². The van der Waals surface area contributed by atoms with Crippen molar-refractivity contribution in [1.82, 2.24) is 5.48 Å². The number of benzene rings is 1. The van der Waals surface area contributed by atoms with Crippen LogP contribution < -0.4 is 5.48 Å². The predicted octanol–water partition coefficient (Wildman–Crippen LogP) is 2.84. The van der Waals surface area contributed by atoms with Crippen LogP contribution in [0.1, 0.15) is 17.3 Å². The molecule has 0 aliphatic rings. The zero-order valence-corrected chi connectivity index (χ0v) is 10.8. The van der Waals surface area contributed by atoms with Gasteiger partial charge >= 0.3 is 5.97 Å². The molecule has 0 spiro atoms. The van der Waals surface area contributed by atoms with E-state index in [1.807, 2.05) is 11.5 Å². The maximum absolute atomic E-state index is 11.7. The highest BCUT2D eigenvalue weighted by Gasteiger charge is 2.05. The molecule has 0 saturated carbocycles. The van der Waals surface area contributed by atoms with Crippen LogP contribution in [0.2, 0.25) is 0 Å². The fourth-order valence-electron chi connectivity index (χ4n) is 1.25. The average molecular weight is 259 g/mol. The number of esters is 1. The molecule has 0 aliphatic heterocycles. The van der Waals surface area contributed by atoms with Gasteiger partial charge in [-0.3, -0.25) is 10.7 Å². The van der Waals surface area contributed by atoms with E-state index in [4.69, 9.17) is 9.94 Å². The lowest BCUT2D eigenvalue weighted by Gasteiger charge is -2.05. The van der Waals surface area contributed by atoms with Gasteiger partial charge in [0.25, 0.3) is 0 Å². The quantitative estimate of drug-likeness (QED) is 0.468. The molecule has 1 aromatic carbocycles. The molecule has 0 bridgehead atoms. The Kier molecular flexibility index (Phi) is 6.12. The lowest BCUT2D eigenvalue weighted by Crippen LogP contribution is -2.07. The van der Waals surface area contributed by atoms with Crippen molar-refractivity contribution in [3.63, 3.8) is 0 Å². The minimum Gasteiger partial charge on any atom is -0.457 e. The summed E-state index contributed by atoms with van der Waals surface area (Å²) in [6.45, 7) is 5.48. The molecular weight excluding hydrogens is 242 g/mol. The Morgan fingerprint density at radius 3 is 2.63 bits per heavy atom. The van der Waals surface area contributed by atoms with Crippen LogP contribution in [0.3, 0.4) is 0 Å². The molecule has 0 fully saturated rings. The van der Waals surface area contributed by atoms with E-state index in [-0.39, 0.29) is 12.6 Å². The Bertz CT molecular complexity index is 489. The third kappa shape index (κ3) is 5.23. The largest absolute Gasteiger partial charge is 0.457 e. The normalized spacial score (nSPS) is 11.9. The third-order valence-corrected chi connectivity index (χ3v) is 2.37. The molecular formula is C15H17NO3. The van der Waals surface area contributed by atoms with Crippen LogP contribution in [0.15, 0.2) is 66.4 Å². The number of hydroxylamine groups is 1. The monoisotopic (exact) mass is 259 g/mol. The summed E-state index contributed by atoms with van der Waals surface area (Å²) in [6, 6.07) is 8.78. The molecule has 1 aromatic rings. The van der Waals surface area contributed by atoms with Crippen molar-refractivity contribution < 1.29 is 14.7 Å². The minimum absolute atomic E-state index is 0.131. The number of carbonyl (C=O) groups is 1. The first-order valence-electron chi connectivity index (χ1n) is 5.79. The molecule has 4 heteroatoms. The van der Waals surface area contributed by atoms with Crippen LogP contribution in [0.4, 0.5) is 0 Å². The first kappa shape index (κ1) is 14.7. The highest BCUT2D eigenvalue weighted by atomic mass is 16.5. The predicted molar refractivity (Wildman–Crippen MR) is 73.7 cm³/mol. The fourth-order valence-corrected chi connectivity index (χ4v) is 1.25. The number of ether oxygens (including phenoxy) is 1. The van der Waals surface area contributed by atoms with Gasteiger partial charge in [0.2, 0.25) is 0 Å². The van der Waals surface area contributed by atoms with Gasteiger partial charge in [0.05, 0.1) is 5.56 Å². The molecule has 0 radical (unpaired) electrons. The number of rotatable bonds is 6. The summed E-state index contributed by atoms with van der Waals surface area (Å²) in [7, 11) is 0. The summed E-state index contributed by atoms with van der Waals surface area (Å²) < 4.78 is 5.16. The van der Waals surface area contributed by atoms with Gasteiger partial charge in [0.15, 0.2) is 0 Å². The van der Waals surface area contributed by atoms with E-state index >= 15 is 0 Å². The SMILES string of the molecule is C=C/C(=C\C=C(\C)NO)COC(=O)c1ccccc1. The third-order valence-electron chi connectivity index (χ3n) is 2.37. The molecule has 0 atom stereocenters. The molecule has 19 heavy (non-hydrogen) atoms. The van der Waals surface area contributed by atoms with E-state index < -0.39 is 0 Å². The van der Waals surface area contributed by atoms with Gasteiger partial charge in [-0.1, -0.05) is 36.9 Å². The summed E-state index contributed by atoms with van der Waals surface area (Å²) in [5.41, 5.74) is 3.83. The molecule has 2 N–H and O–H groups in total. The van der Waals surface area contributed by atoms with Crippen LogP contribution in [-0.4, -0.2) is 17.8 Å². The summed E-state index contributed by atoms with van der Waals surface area (Å²) in [5, 5.41) is 8.63. The van der Waals surface area contributed by atoms with Gasteiger partial charge in [-0.25, -0.2) is 4.79 Å². The van der Waals surface area contributed by atoms with Crippen molar-refractivity contribution in [3.05, 3.63) is 72.0 Å². The van der Waals surface area contributed by atoms with Crippen molar-refractivity contribution in [2.45, 2.75) is 6.92 Å². The van der Waals surface area contributed by atoms with E-state index in [9.17, 15) is 4.79 Å². The van der Waals surface area contributed by atoms with Crippen molar-refractivity contribution in [2.24, 2.45) is 0 Å². The number of hydrogen-bond acceptors (Lipinski definition) is 4. The van der Waals surface area contributed by atoms with E-state index in [1.54, 1.807) is 49.4 Å². The summed E-state index contributed by atoms with van der Waals surface area (Å²) in [4.78, 5) is 11.7. The molecule has 0 amide bonds. The second-order valence-corrected chi connectivity index (χ2v) is 3.85. The molecule has 4 nitrogen and oxygen atoms in total. The number of hydrogen-bond donors (Lipinski definition) is 2. The Hall–Kier alpha value is -2.33. The molecule has 100 valence electrons. The standard InChI is InChI=1S/C15H17NO3/c1-3-13(10-9-12(2)16-18)11-19-15(17)14-7-5-4-6-8-14/h3-10,16,18H,1,11H2,2H3/b12-9-,13-10+. The lowest BCUT2D eigenvalue weighted by molar-refractivity contribution is 0.0543. The van der Waals surface area contributed by atoms with Crippen molar-refractivity contribution in [3.8, 4) is 0 Å². The molecule has 0 saturated heterocycles. The molecule has 1 rings (SSSR count). The number of carbonyl (C=O) groups excluding carboxylic acids is 1. The van der Waals surface area contributed by atoms with E-state index in [0.29, 0.717) is 11.3 Å². The van der Waals surface area contributed by atoms with E-state index in [1.165, 1.54) is 0 Å². The van der Waals surface area contributed by atoms with Crippen LogP contribution in [-0.2, 0) is 4.74 Å². The van der Waals surface area contributed by atoms with Crippen LogP contribution in [0, 0.1) is 0 Å². The lowest BCUT2D eigenvalue weighted by atomic mass is 10.2. The highest BCUT2D eigenvalue weighted by molar-refractivity contribution is 5.89. The second kappa shape index (κ2) is 7.89. The van der Waals surface area contributed by atoms with Gasteiger partial charge in [0.1, 0.15) is 6.61 Å². The average Bonchev–Trinajstić information content (AvgIpc) is 2.47. The summed E-state index contributed by atoms with van der Waals surface area (Å²) in [6.07, 6.45) is 4.97. The second-order valence-electron chi connectivity index (χ2n) is 3.85. The van der Waals surface area contributed by atoms with Crippen molar-refractivity contribution in [1.29, 1.82) is 0 Å². The maximum Gasteiger partial charge on any atom is 0.338 e. The minimum atomic E-state index is -0.380. The molecule has 0 heterocycles. The van der Waals surface area contributed by atoms with Crippen molar-refractivity contribution >= 4 is 5.97 Å². The van der Waals surface area contributed by atoms with E-state index in [2.05, 4.69) is 6.58 Å². The van der Waals surface area contributed by atoms with Crippen LogP contribution in [0.25, 0.3) is 0 Å². The van der Waals surface area contributed by atoms with Crippen LogP contribution in [0.5, 0.6) is 0 Å². The first-order valence-corrected chi connectivity index (χ1v) is 5.79. The fraction of sp³-hybridized carbons (Fsp3) is 0.133. The highest BCUT2D eigenvalue weighted by Crippen LogP contribution is 2.04. The Morgan fingerprint density at radius 1 is 1.37 bits per heavy atom. The topological polar surface area (TPSA) is 58.6 Å². The van der Waals surface area contributed by atoms with Crippen molar-refractivity contribution in [2.75, 3.05) is 6.61 Å². The summed E-state index contributed by atoms with van der Waals surface area (Å²) >= 11 is 0. The first-order chi connectivity index (χ1) is 9.17. The number of allylic oxidation sites excluding steroid dienone is 3. The number of nitrogens with one attached hydrogen (secondary N) is 1. The van der Waals surface area contributed by atoms with Gasteiger partial charge in [-0.2, -0.15) is 0 Å². The van der Waals surface area contributed by atoms with Gasteiger partial charge in [0, 0.05) is 5.70 Å². The maximum atomic E-state index is 11.7. The summed E-state index contributed by atoms with van der Waals surface area (Å²) in [5.74, 6) is -0.380. The van der Waals surface area contributed by atoms with E-state index in [0.717, 1.165) is 5.57 Å². The van der Waals surface area contributed by atoms with Gasteiger partial charge in [-0.15, -0.1) is 0 Å². The molecule has 0 aromatic heterocycles. The Labute approximate surface area is 112 Å². The molecule has 0 aliphatic carbocycles. The smallest absolute Gasteiger partial charge is 0.338 e. The zero-order valence-electron chi connectivity index (χ0n) is 10.8. The Morgan fingerprint density at radius 2 is 2.05 bits per heavy atom. The van der Waals surface area contributed by atoms with Gasteiger partial charge in [-0.05, 0) is 30.7 Å². The zero-order chi connectivity index (χ0) is 14.1. The Balaban J connectivity index is 2.59.